The molecule has 21 heavy (non-hydrogen) atoms. The quantitative estimate of drug-likeness (QED) is 0.731. The van der Waals surface area contributed by atoms with E-state index in [1.165, 1.54) is 0 Å². The highest BCUT2D eigenvalue weighted by molar-refractivity contribution is 6.30. The molecule has 2 heterocycles. The van der Waals surface area contributed by atoms with E-state index in [2.05, 4.69) is 15.3 Å². The van der Waals surface area contributed by atoms with Crippen molar-refractivity contribution in [2.24, 2.45) is 0 Å². The first kappa shape index (κ1) is 13.5. The number of fused-ring (bicyclic) bond motifs is 1. The molecule has 5 heteroatoms. The molecule has 2 aromatic heterocycles. The lowest BCUT2D eigenvalue weighted by molar-refractivity contribution is 0.102. The summed E-state index contributed by atoms with van der Waals surface area (Å²) in [7, 11) is 0. The molecule has 104 valence electrons. The molecule has 0 fully saturated rings. The number of hydrogen-bond acceptors (Lipinski definition) is 3. The molecule has 3 aromatic rings. The number of hydrogen-bond donors (Lipinski definition) is 1. The maximum atomic E-state index is 12.5. The summed E-state index contributed by atoms with van der Waals surface area (Å²) in [6.07, 6.45) is 3.34. The summed E-state index contributed by atoms with van der Waals surface area (Å²) in [4.78, 5) is 20.7. The Bertz CT molecular complexity index is 833. The largest absolute Gasteiger partial charge is 0.322 e. The van der Waals surface area contributed by atoms with Gasteiger partial charge in [-0.05, 0) is 30.7 Å². The van der Waals surface area contributed by atoms with Gasteiger partial charge in [-0.25, -0.2) is 4.98 Å². The number of halogens is 1. The number of carbonyl (C=O) groups excluding carboxylic acids is 1. The van der Waals surface area contributed by atoms with Crippen molar-refractivity contribution >= 4 is 34.1 Å². The van der Waals surface area contributed by atoms with Gasteiger partial charge in [0.2, 0.25) is 0 Å². The van der Waals surface area contributed by atoms with Gasteiger partial charge in [0, 0.05) is 23.5 Å². The topological polar surface area (TPSA) is 54.9 Å². The molecule has 0 saturated heterocycles. The highest BCUT2D eigenvalue weighted by atomic mass is 35.5. The van der Waals surface area contributed by atoms with Crippen molar-refractivity contribution in [3.63, 3.8) is 0 Å². The third-order valence-corrected chi connectivity index (χ3v) is 3.39. The molecule has 0 spiro atoms. The van der Waals surface area contributed by atoms with Crippen LogP contribution in [0.25, 0.3) is 10.9 Å². The van der Waals surface area contributed by atoms with Crippen LogP contribution in [-0.2, 0) is 0 Å². The van der Waals surface area contributed by atoms with Gasteiger partial charge in [-0.15, -0.1) is 0 Å². The van der Waals surface area contributed by atoms with Crippen molar-refractivity contribution in [3.8, 4) is 0 Å². The number of amides is 1. The molecule has 1 aromatic carbocycles. The van der Waals surface area contributed by atoms with Gasteiger partial charge in [0.05, 0.1) is 11.1 Å². The lowest BCUT2D eigenvalue weighted by Gasteiger charge is -2.10. The second kappa shape index (κ2) is 5.50. The second-order valence-electron chi connectivity index (χ2n) is 4.65. The number of anilines is 1. The molecule has 1 N–H and O–H groups in total. The minimum absolute atomic E-state index is 0.218. The molecule has 0 saturated carbocycles. The van der Waals surface area contributed by atoms with E-state index in [1.807, 2.05) is 31.2 Å². The van der Waals surface area contributed by atoms with Crippen molar-refractivity contribution in [3.05, 3.63) is 65.1 Å². The Labute approximate surface area is 126 Å². The van der Waals surface area contributed by atoms with Crippen LogP contribution >= 0.6 is 11.6 Å². The first-order chi connectivity index (χ1) is 10.1. The lowest BCUT2D eigenvalue weighted by atomic mass is 10.1. The highest BCUT2D eigenvalue weighted by Gasteiger charge is 2.13. The molecule has 0 unspecified atom stereocenters. The van der Waals surface area contributed by atoms with Crippen molar-refractivity contribution in [1.29, 1.82) is 0 Å². The average molecular weight is 298 g/mol. The number of benzene rings is 1. The second-order valence-corrected chi connectivity index (χ2v) is 5.04. The van der Waals surface area contributed by atoms with E-state index in [-0.39, 0.29) is 5.91 Å². The third kappa shape index (κ3) is 2.71. The molecule has 0 atom stereocenters. The molecular formula is C16H12ClN3O. The maximum Gasteiger partial charge on any atom is 0.256 e. The maximum absolute atomic E-state index is 12.5. The zero-order chi connectivity index (χ0) is 14.8. The zero-order valence-corrected chi connectivity index (χ0v) is 12.1. The molecule has 3 rings (SSSR count). The fourth-order valence-corrected chi connectivity index (χ4v) is 2.33. The molecule has 4 nitrogen and oxygen atoms in total. The van der Waals surface area contributed by atoms with Crippen molar-refractivity contribution in [2.75, 3.05) is 5.32 Å². The Morgan fingerprint density at radius 3 is 2.86 bits per heavy atom. The number of rotatable bonds is 2. The smallest absolute Gasteiger partial charge is 0.256 e. The SMILES string of the molecule is Cc1cnccc1NC(=O)c1cc(Cl)nc2ccccc12. The van der Waals surface area contributed by atoms with Gasteiger partial charge >= 0.3 is 0 Å². The fraction of sp³-hybridized carbons (Fsp3) is 0.0625. The predicted molar refractivity (Wildman–Crippen MR) is 83.7 cm³/mol. The van der Waals surface area contributed by atoms with E-state index >= 15 is 0 Å². The van der Waals surface area contributed by atoms with Crippen LogP contribution < -0.4 is 5.32 Å². The van der Waals surface area contributed by atoms with Gasteiger partial charge in [-0.2, -0.15) is 0 Å². The van der Waals surface area contributed by atoms with Crippen molar-refractivity contribution in [2.45, 2.75) is 6.92 Å². The lowest BCUT2D eigenvalue weighted by Crippen LogP contribution is -2.13. The first-order valence-electron chi connectivity index (χ1n) is 6.42. The average Bonchev–Trinajstić information content (AvgIpc) is 2.48. The van der Waals surface area contributed by atoms with Crippen LogP contribution in [0.5, 0.6) is 0 Å². The standard InChI is InChI=1S/C16H12ClN3O/c1-10-9-18-7-6-13(10)20-16(21)12-8-15(17)19-14-5-3-2-4-11(12)14/h2-9H,1H3,(H,18,20,21). The van der Waals surface area contributed by atoms with Gasteiger partial charge < -0.3 is 5.32 Å². The van der Waals surface area contributed by atoms with E-state index in [4.69, 9.17) is 11.6 Å². The number of para-hydroxylation sites is 1. The van der Waals surface area contributed by atoms with E-state index in [9.17, 15) is 4.79 Å². The van der Waals surface area contributed by atoms with E-state index < -0.39 is 0 Å². The Morgan fingerprint density at radius 1 is 1.24 bits per heavy atom. The predicted octanol–water partition coefficient (Wildman–Crippen LogP) is 3.84. The summed E-state index contributed by atoms with van der Waals surface area (Å²) >= 11 is 6.00. The summed E-state index contributed by atoms with van der Waals surface area (Å²) in [5.74, 6) is -0.218. The molecule has 0 radical (unpaired) electrons. The van der Waals surface area contributed by atoms with Gasteiger partial charge in [-0.3, -0.25) is 9.78 Å². The minimum atomic E-state index is -0.218. The van der Waals surface area contributed by atoms with Crippen LogP contribution in [0.3, 0.4) is 0 Å². The van der Waals surface area contributed by atoms with Gasteiger partial charge in [0.15, 0.2) is 0 Å². The van der Waals surface area contributed by atoms with Crippen LogP contribution in [0.1, 0.15) is 15.9 Å². The monoisotopic (exact) mass is 297 g/mol. The van der Waals surface area contributed by atoms with Crippen LogP contribution in [0.15, 0.2) is 48.8 Å². The summed E-state index contributed by atoms with van der Waals surface area (Å²) in [6, 6.07) is 10.8. The number of aromatic nitrogens is 2. The summed E-state index contributed by atoms with van der Waals surface area (Å²) in [5, 5.41) is 3.95. The summed E-state index contributed by atoms with van der Waals surface area (Å²) < 4.78 is 0. The Hall–Kier alpha value is -2.46. The number of nitrogens with one attached hydrogen (secondary N) is 1. The van der Waals surface area contributed by atoms with Crippen molar-refractivity contribution < 1.29 is 4.79 Å². The van der Waals surface area contributed by atoms with Crippen LogP contribution in [0, 0.1) is 6.92 Å². The molecule has 0 aliphatic carbocycles. The number of pyridine rings is 2. The summed E-state index contributed by atoms with van der Waals surface area (Å²) in [5.41, 5.74) is 2.82. The first-order valence-corrected chi connectivity index (χ1v) is 6.80. The molecule has 0 aliphatic heterocycles. The molecule has 0 bridgehead atoms. The normalized spacial score (nSPS) is 10.6. The van der Waals surface area contributed by atoms with Crippen LogP contribution in [0.4, 0.5) is 5.69 Å². The third-order valence-electron chi connectivity index (χ3n) is 3.20. The molecular weight excluding hydrogens is 286 g/mol. The number of carbonyl (C=O) groups is 1. The molecule has 1 amide bonds. The highest BCUT2D eigenvalue weighted by Crippen LogP contribution is 2.22. The van der Waals surface area contributed by atoms with E-state index in [0.717, 1.165) is 16.6 Å². The van der Waals surface area contributed by atoms with Crippen molar-refractivity contribution in [1.82, 2.24) is 9.97 Å². The number of nitrogens with zero attached hydrogens (tertiary/aromatic N) is 2. The molecule has 0 aliphatic rings. The van der Waals surface area contributed by atoms with Crippen LogP contribution in [0.2, 0.25) is 5.15 Å². The van der Waals surface area contributed by atoms with E-state index in [0.29, 0.717) is 16.2 Å². The van der Waals surface area contributed by atoms with E-state index in [1.54, 1.807) is 24.5 Å². The Morgan fingerprint density at radius 2 is 2.05 bits per heavy atom. The number of aryl methyl sites for hydroxylation is 1. The Balaban J connectivity index is 2.04. The minimum Gasteiger partial charge on any atom is -0.322 e. The van der Waals surface area contributed by atoms with Gasteiger partial charge in [-0.1, -0.05) is 29.8 Å². The van der Waals surface area contributed by atoms with Gasteiger partial charge in [0.25, 0.3) is 5.91 Å². The Kier molecular flexibility index (Phi) is 3.54. The summed E-state index contributed by atoms with van der Waals surface area (Å²) in [6.45, 7) is 1.89. The van der Waals surface area contributed by atoms with Gasteiger partial charge in [0.1, 0.15) is 5.15 Å². The zero-order valence-electron chi connectivity index (χ0n) is 11.3. The van der Waals surface area contributed by atoms with Crippen LogP contribution in [-0.4, -0.2) is 15.9 Å². The fourth-order valence-electron chi connectivity index (χ4n) is 2.13.